The first-order chi connectivity index (χ1) is 64.5. The standard InChI is InChI=1S/C115H210O10P2S4/c1-7-11-15-19-23-27-43-55-67-79-99-120-111(116)87-75-63-51-39-31-35-47-59-71-83-103-128-126(129-104-84-72-60-48-36-32-40-52-64-76-88-112(117)121-100-80-68-56-44-28-24-20-16-12-8-2)124-109-95-91-107(92-96-109)115(5,6)108-93-97-110(98-94-108)125-127(130-105-85-73-61-49-37-33-41-53-65-77-89-113(118)122-101-81-69-57-45-29-25-21-17-13-9-3)131-106-86-74-62-50-38-34-42-54-66-78-90-114(119)123-102-82-70-58-46-30-26-22-18-14-10-4/h91-98H,7-90,99-106H2,1-6H3. The van der Waals surface area contributed by atoms with Crippen molar-refractivity contribution in [2.45, 2.75) is 586 Å². The molecule has 0 bridgehead atoms. The summed E-state index contributed by atoms with van der Waals surface area (Å²) in [6, 6.07) is 18.1. The van der Waals surface area contributed by atoms with Gasteiger partial charge in [-0.15, -0.1) is 0 Å². The van der Waals surface area contributed by atoms with Gasteiger partial charge in [0.15, 0.2) is 0 Å². The first-order valence-electron chi connectivity index (χ1n) is 56.8. The van der Waals surface area contributed by atoms with Crippen molar-refractivity contribution in [3.63, 3.8) is 0 Å². The van der Waals surface area contributed by atoms with Crippen molar-refractivity contribution in [1.29, 1.82) is 0 Å². The van der Waals surface area contributed by atoms with Gasteiger partial charge in [0.25, 0.3) is 0 Å². The summed E-state index contributed by atoms with van der Waals surface area (Å²) >= 11 is 8.24. The van der Waals surface area contributed by atoms with E-state index < -0.39 is 13.1 Å². The Morgan fingerprint density at radius 1 is 0.206 bits per heavy atom. The Morgan fingerprint density at radius 2 is 0.351 bits per heavy atom. The van der Waals surface area contributed by atoms with E-state index in [0.717, 1.165) is 112 Å². The minimum Gasteiger partial charge on any atom is -0.466 e. The van der Waals surface area contributed by atoms with Crippen molar-refractivity contribution >= 4 is 82.5 Å². The molecule has 0 saturated heterocycles. The average molecular weight is 1940 g/mol. The second kappa shape index (κ2) is 99.7. The molecule has 764 valence electrons. The predicted molar refractivity (Wildman–Crippen MR) is 584 cm³/mol. The summed E-state index contributed by atoms with van der Waals surface area (Å²) < 4.78 is 36.2. The molecule has 0 amide bonds. The fraction of sp³-hybridized carbons (Fsp3) is 0.861. The van der Waals surface area contributed by atoms with Crippen molar-refractivity contribution in [3.05, 3.63) is 59.7 Å². The van der Waals surface area contributed by atoms with E-state index in [9.17, 15) is 19.2 Å². The first-order valence-corrected chi connectivity index (χ1v) is 65.7. The van der Waals surface area contributed by atoms with E-state index in [4.69, 9.17) is 28.0 Å². The molecule has 0 N–H and O–H groups in total. The number of carbonyl (C=O) groups is 4. The molecule has 2 aromatic rings. The van der Waals surface area contributed by atoms with Crippen LogP contribution in [0.5, 0.6) is 11.5 Å². The van der Waals surface area contributed by atoms with Gasteiger partial charge in [-0.05, 0) is 112 Å². The summed E-state index contributed by atoms with van der Waals surface area (Å²) in [7, 11) is 0. The molecule has 0 aliphatic heterocycles. The van der Waals surface area contributed by atoms with Crippen LogP contribution in [0.1, 0.15) is 592 Å². The van der Waals surface area contributed by atoms with Crippen LogP contribution in [-0.4, -0.2) is 73.3 Å². The van der Waals surface area contributed by atoms with Crippen LogP contribution in [-0.2, 0) is 43.5 Å². The minimum atomic E-state index is -0.727. The lowest BCUT2D eigenvalue weighted by Gasteiger charge is -2.27. The number of ether oxygens (including phenoxy) is 4. The van der Waals surface area contributed by atoms with Crippen molar-refractivity contribution in [1.82, 2.24) is 0 Å². The summed E-state index contributed by atoms with van der Waals surface area (Å²) in [5.74, 6) is 6.54. The van der Waals surface area contributed by atoms with Crippen molar-refractivity contribution in [3.8, 4) is 11.5 Å². The quantitative estimate of drug-likeness (QED) is 0.0270. The number of esters is 4. The molecule has 10 nitrogen and oxygen atoms in total. The van der Waals surface area contributed by atoms with Gasteiger partial charge >= 0.3 is 23.9 Å². The molecule has 0 unspecified atom stereocenters. The van der Waals surface area contributed by atoms with Gasteiger partial charge in [-0.1, -0.05) is 548 Å². The Labute approximate surface area is 830 Å². The van der Waals surface area contributed by atoms with Crippen LogP contribution in [0.15, 0.2) is 48.5 Å². The summed E-state index contributed by atoms with van der Waals surface area (Å²) in [5.41, 5.74) is 2.38. The molecule has 0 fully saturated rings. The van der Waals surface area contributed by atoms with Gasteiger partial charge in [0, 0.05) is 54.1 Å². The molecule has 0 aliphatic carbocycles. The third-order valence-corrected chi connectivity index (χ3v) is 39.3. The van der Waals surface area contributed by atoms with Crippen LogP contribution in [0.3, 0.4) is 0 Å². The fourth-order valence-corrected chi connectivity index (χ4v) is 29.8. The SMILES string of the molecule is CCCCCCCCCCCCOC(=O)CCCCCCCCCCCCSP(Oc1ccc(C(C)(C)c2ccc(OP(SCCCCCCCCCCCCC(=O)OCCCCCCCCCCCC)SCCCCCCCCCCCCC(=O)OCCCCCCCCCCCC)cc2)cc1)SCCCCCCCCCCCCC(=O)OCCCCCCCCCCCC. The van der Waals surface area contributed by atoms with Gasteiger partial charge in [0.1, 0.15) is 11.5 Å². The molecule has 0 spiro atoms. The first kappa shape index (κ1) is 125. The van der Waals surface area contributed by atoms with Gasteiger partial charge in [-0.3, -0.25) is 19.2 Å². The zero-order valence-corrected chi connectivity index (χ0v) is 91.8. The van der Waals surface area contributed by atoms with Gasteiger partial charge in [-0.25, -0.2) is 0 Å². The average Bonchev–Trinajstić information content (AvgIpc) is 0.800. The molecule has 0 saturated carbocycles. The molecular weight excluding hydrogens is 1730 g/mol. The fourth-order valence-electron chi connectivity index (χ4n) is 17.5. The second-order valence-electron chi connectivity index (χ2n) is 39.4. The smallest absolute Gasteiger partial charge is 0.305 e. The number of hydrogen-bond donors (Lipinski definition) is 0. The van der Waals surface area contributed by atoms with E-state index in [1.165, 1.54) is 448 Å². The van der Waals surface area contributed by atoms with E-state index in [2.05, 4.69) is 136 Å². The zero-order chi connectivity index (χ0) is 94.1. The third kappa shape index (κ3) is 85.9. The number of rotatable bonds is 106. The molecule has 2 rings (SSSR count). The maximum atomic E-state index is 12.3. The monoisotopic (exact) mass is 1940 g/mol. The molecule has 0 aliphatic rings. The number of unbranched alkanes of at least 4 members (excludes halogenated alkanes) is 72. The third-order valence-electron chi connectivity index (χ3n) is 26.4. The Kier molecular flexibility index (Phi) is 95.4. The Morgan fingerprint density at radius 3 is 0.519 bits per heavy atom. The lowest BCUT2D eigenvalue weighted by atomic mass is 9.78. The highest BCUT2D eigenvalue weighted by Gasteiger charge is 2.25. The van der Waals surface area contributed by atoms with Crippen LogP contribution >= 0.6 is 58.6 Å². The minimum absolute atomic E-state index is 0.00109. The van der Waals surface area contributed by atoms with E-state index >= 15 is 0 Å². The predicted octanol–water partition coefficient (Wildman–Crippen LogP) is 41.2. The van der Waals surface area contributed by atoms with Crippen LogP contribution in [0.2, 0.25) is 0 Å². The molecule has 2 aromatic carbocycles. The second-order valence-corrected chi connectivity index (χ2v) is 51.8. The van der Waals surface area contributed by atoms with Gasteiger partial charge < -0.3 is 28.0 Å². The lowest BCUT2D eigenvalue weighted by molar-refractivity contribution is -0.144. The molecule has 0 radical (unpaired) electrons. The maximum Gasteiger partial charge on any atom is 0.305 e. The molecule has 16 heteroatoms. The zero-order valence-electron chi connectivity index (χ0n) is 86.8. The largest absolute Gasteiger partial charge is 0.466 e. The van der Waals surface area contributed by atoms with E-state index in [1.807, 2.05) is 0 Å². The van der Waals surface area contributed by atoms with Crippen LogP contribution in [0.4, 0.5) is 0 Å². The molecular formula is C115H210O10P2S4. The Hall–Kier alpha value is -1.82. The summed E-state index contributed by atoms with van der Waals surface area (Å²) in [4.78, 5) is 49.4. The lowest BCUT2D eigenvalue weighted by Crippen LogP contribution is -2.18. The molecule has 0 aromatic heterocycles. The van der Waals surface area contributed by atoms with Crippen LogP contribution in [0.25, 0.3) is 0 Å². The summed E-state index contributed by atoms with van der Waals surface area (Å²) in [6.07, 6.45) is 103. The van der Waals surface area contributed by atoms with Gasteiger partial charge in [0.2, 0.25) is 13.1 Å². The van der Waals surface area contributed by atoms with Crippen molar-refractivity contribution in [2.24, 2.45) is 0 Å². The highest BCUT2D eigenvalue weighted by molar-refractivity contribution is 8.87. The highest BCUT2D eigenvalue weighted by atomic mass is 33.1. The molecule has 0 heterocycles. The summed E-state index contributed by atoms with van der Waals surface area (Å²) in [6.45, 7) is 14.8. The van der Waals surface area contributed by atoms with E-state index in [-0.39, 0.29) is 29.3 Å². The highest BCUT2D eigenvalue weighted by Crippen LogP contribution is 2.63. The van der Waals surface area contributed by atoms with Gasteiger partial charge in [-0.2, -0.15) is 0 Å². The van der Waals surface area contributed by atoms with Gasteiger partial charge in [0.05, 0.1) is 26.4 Å². The normalized spacial score (nSPS) is 11.7. The van der Waals surface area contributed by atoms with Crippen molar-refractivity contribution < 1.29 is 47.2 Å². The topological polar surface area (TPSA) is 124 Å². The van der Waals surface area contributed by atoms with Crippen LogP contribution in [0, 0.1) is 0 Å². The Bertz CT molecular complexity index is 2420. The number of hydrogen-bond acceptors (Lipinski definition) is 14. The number of benzene rings is 2. The number of carbonyl (C=O) groups excluding carboxylic acids is 4. The summed E-state index contributed by atoms with van der Waals surface area (Å²) in [5, 5.41) is 0. The van der Waals surface area contributed by atoms with Crippen LogP contribution < -0.4 is 9.05 Å². The molecule has 0 atom stereocenters. The maximum absolute atomic E-state index is 12.3. The van der Waals surface area contributed by atoms with Crippen molar-refractivity contribution in [2.75, 3.05) is 49.4 Å². The van der Waals surface area contributed by atoms with E-state index in [0.29, 0.717) is 52.1 Å². The van der Waals surface area contributed by atoms with E-state index in [1.54, 1.807) is 0 Å². The Balaban J connectivity index is 1.89. The molecule has 131 heavy (non-hydrogen) atoms.